The zero-order chi connectivity index (χ0) is 13.1. The Morgan fingerprint density at radius 3 is 2.89 bits per heavy atom. The standard InChI is InChI=1S/C12H11BO6/c14-12(15)9-10-6(5-3-7(5)13(16)19-10)4-8-11(9)18-2-1-17-8/h4-5,7,16H,1-3H2,(H,14,15). The van der Waals surface area contributed by atoms with E-state index in [1.807, 2.05) is 0 Å². The Balaban J connectivity index is 1.96. The Morgan fingerprint density at radius 1 is 1.32 bits per heavy atom. The molecule has 6 nitrogen and oxygen atoms in total. The average Bonchev–Trinajstić information content (AvgIpc) is 3.17. The summed E-state index contributed by atoms with van der Waals surface area (Å²) in [5.41, 5.74) is 0.758. The largest absolute Gasteiger partial charge is 0.535 e. The summed E-state index contributed by atoms with van der Waals surface area (Å²) in [5.74, 6) is -0.0332. The second kappa shape index (κ2) is 3.57. The molecule has 19 heavy (non-hydrogen) atoms. The predicted octanol–water partition coefficient (Wildman–Crippen LogP) is 0.886. The zero-order valence-corrected chi connectivity index (χ0v) is 9.96. The van der Waals surface area contributed by atoms with Crippen molar-refractivity contribution in [2.24, 2.45) is 0 Å². The second-order valence-electron chi connectivity index (χ2n) is 5.01. The molecule has 2 N–H and O–H groups in total. The van der Waals surface area contributed by atoms with Gasteiger partial charge in [0, 0.05) is 11.4 Å². The number of fused-ring (bicyclic) bond motifs is 4. The molecule has 1 aromatic rings. The number of benzene rings is 1. The molecule has 1 aromatic carbocycles. The molecule has 1 saturated carbocycles. The monoisotopic (exact) mass is 262 g/mol. The minimum atomic E-state index is -1.13. The lowest BCUT2D eigenvalue weighted by Gasteiger charge is -2.26. The van der Waals surface area contributed by atoms with E-state index in [-0.39, 0.29) is 28.8 Å². The summed E-state index contributed by atoms with van der Waals surface area (Å²) < 4.78 is 16.2. The molecule has 0 radical (unpaired) electrons. The van der Waals surface area contributed by atoms with E-state index in [0.29, 0.717) is 19.0 Å². The van der Waals surface area contributed by atoms with Crippen molar-refractivity contribution >= 4 is 13.1 Å². The van der Waals surface area contributed by atoms with Gasteiger partial charge in [0.25, 0.3) is 0 Å². The molecule has 0 bridgehead atoms. The van der Waals surface area contributed by atoms with Crippen molar-refractivity contribution in [3.63, 3.8) is 0 Å². The third-order valence-corrected chi connectivity index (χ3v) is 3.87. The smallest absolute Gasteiger partial charge is 0.526 e. The van der Waals surface area contributed by atoms with Gasteiger partial charge >= 0.3 is 13.1 Å². The van der Waals surface area contributed by atoms with Crippen molar-refractivity contribution in [3.8, 4) is 17.2 Å². The van der Waals surface area contributed by atoms with E-state index < -0.39 is 13.1 Å². The van der Waals surface area contributed by atoms with Gasteiger partial charge < -0.3 is 24.3 Å². The summed E-state index contributed by atoms with van der Waals surface area (Å²) in [4.78, 5) is 11.5. The van der Waals surface area contributed by atoms with E-state index in [2.05, 4.69) is 0 Å². The summed E-state index contributed by atoms with van der Waals surface area (Å²) in [6.07, 6.45) is 0.812. The molecule has 2 heterocycles. The molecule has 98 valence electrons. The van der Waals surface area contributed by atoms with E-state index in [1.54, 1.807) is 6.07 Å². The van der Waals surface area contributed by atoms with Crippen LogP contribution in [0, 0.1) is 0 Å². The highest BCUT2D eigenvalue weighted by molar-refractivity contribution is 6.48. The molecule has 2 unspecified atom stereocenters. The molecule has 1 aliphatic carbocycles. The summed E-state index contributed by atoms with van der Waals surface area (Å²) in [5, 5.41) is 19.2. The Labute approximate surface area is 109 Å². The van der Waals surface area contributed by atoms with Gasteiger partial charge in [0.2, 0.25) is 0 Å². The highest BCUT2D eigenvalue weighted by Crippen LogP contribution is 2.62. The number of rotatable bonds is 1. The Kier molecular flexibility index (Phi) is 2.06. The van der Waals surface area contributed by atoms with Crippen molar-refractivity contribution in [1.82, 2.24) is 0 Å². The van der Waals surface area contributed by atoms with E-state index in [1.165, 1.54) is 0 Å². The molecular weight excluding hydrogens is 251 g/mol. The Morgan fingerprint density at radius 2 is 2.11 bits per heavy atom. The fourth-order valence-corrected chi connectivity index (χ4v) is 2.88. The predicted molar refractivity (Wildman–Crippen MR) is 64.1 cm³/mol. The maximum absolute atomic E-state index is 11.5. The summed E-state index contributed by atoms with van der Waals surface area (Å²) in [7, 11) is -0.932. The number of carbonyl (C=O) groups is 1. The first-order valence-corrected chi connectivity index (χ1v) is 6.21. The minimum Gasteiger partial charge on any atom is -0.535 e. The van der Waals surface area contributed by atoms with Gasteiger partial charge in [0.05, 0.1) is 0 Å². The number of hydrogen-bond donors (Lipinski definition) is 2. The van der Waals surface area contributed by atoms with Crippen LogP contribution in [-0.2, 0) is 0 Å². The zero-order valence-electron chi connectivity index (χ0n) is 9.96. The minimum absolute atomic E-state index is 0.0448. The number of hydrogen-bond acceptors (Lipinski definition) is 5. The Bertz CT molecular complexity index is 586. The molecule has 1 fully saturated rings. The van der Waals surface area contributed by atoms with Crippen LogP contribution in [0.25, 0.3) is 0 Å². The van der Waals surface area contributed by atoms with Crippen molar-refractivity contribution in [2.45, 2.75) is 18.2 Å². The quantitative estimate of drug-likeness (QED) is 0.731. The SMILES string of the molecule is O=C(O)c1c2c(cc3c1OB(O)C1CC31)OCCO2. The molecule has 2 aliphatic heterocycles. The van der Waals surface area contributed by atoms with Gasteiger partial charge in [-0.15, -0.1) is 0 Å². The summed E-state index contributed by atoms with van der Waals surface area (Å²) >= 11 is 0. The summed E-state index contributed by atoms with van der Waals surface area (Å²) in [6, 6.07) is 1.78. The molecule has 0 spiro atoms. The third-order valence-electron chi connectivity index (χ3n) is 3.87. The van der Waals surface area contributed by atoms with Crippen LogP contribution in [0.2, 0.25) is 5.82 Å². The van der Waals surface area contributed by atoms with Crippen LogP contribution in [0.5, 0.6) is 17.2 Å². The maximum atomic E-state index is 11.5. The van der Waals surface area contributed by atoms with Crippen molar-refractivity contribution in [2.75, 3.05) is 13.2 Å². The van der Waals surface area contributed by atoms with Crippen LogP contribution in [0.15, 0.2) is 6.07 Å². The van der Waals surface area contributed by atoms with Crippen LogP contribution in [-0.4, -0.2) is 36.4 Å². The second-order valence-corrected chi connectivity index (χ2v) is 5.01. The van der Waals surface area contributed by atoms with Crippen LogP contribution in [0.3, 0.4) is 0 Å². The highest BCUT2D eigenvalue weighted by atomic mass is 16.6. The molecule has 7 heteroatoms. The van der Waals surface area contributed by atoms with Crippen LogP contribution >= 0.6 is 0 Å². The van der Waals surface area contributed by atoms with Crippen LogP contribution in [0.4, 0.5) is 0 Å². The van der Waals surface area contributed by atoms with Gasteiger partial charge in [-0.25, -0.2) is 4.79 Å². The fourth-order valence-electron chi connectivity index (χ4n) is 2.88. The van der Waals surface area contributed by atoms with Gasteiger partial charge in [-0.1, -0.05) is 0 Å². The first-order chi connectivity index (χ1) is 9.16. The average molecular weight is 262 g/mol. The van der Waals surface area contributed by atoms with Crippen LogP contribution < -0.4 is 14.1 Å². The van der Waals surface area contributed by atoms with E-state index >= 15 is 0 Å². The molecule has 0 saturated heterocycles. The van der Waals surface area contributed by atoms with E-state index in [4.69, 9.17) is 14.1 Å². The molecular formula is C12H11BO6. The molecule has 3 aliphatic rings. The maximum Gasteiger partial charge on any atom is 0.526 e. The lowest BCUT2D eigenvalue weighted by atomic mass is 9.77. The van der Waals surface area contributed by atoms with Crippen molar-refractivity contribution < 1.29 is 29.1 Å². The molecule has 4 rings (SSSR count). The lowest BCUT2D eigenvalue weighted by molar-refractivity contribution is 0.0683. The number of ether oxygens (including phenoxy) is 2. The fraction of sp³-hybridized carbons (Fsp3) is 0.417. The summed E-state index contributed by atoms with van der Waals surface area (Å²) in [6.45, 7) is 0.711. The first-order valence-electron chi connectivity index (χ1n) is 6.21. The van der Waals surface area contributed by atoms with Gasteiger partial charge in [0.1, 0.15) is 24.5 Å². The molecule has 2 atom stereocenters. The highest BCUT2D eigenvalue weighted by Gasteiger charge is 2.55. The van der Waals surface area contributed by atoms with Crippen molar-refractivity contribution in [1.29, 1.82) is 0 Å². The number of carboxylic acids is 1. The third kappa shape index (κ3) is 1.45. The van der Waals surface area contributed by atoms with E-state index in [0.717, 1.165) is 12.0 Å². The molecule has 0 aromatic heterocycles. The van der Waals surface area contributed by atoms with Crippen molar-refractivity contribution in [3.05, 3.63) is 17.2 Å². The first kappa shape index (κ1) is 11.0. The lowest BCUT2D eigenvalue weighted by Crippen LogP contribution is -2.28. The van der Waals surface area contributed by atoms with Gasteiger partial charge in [-0.2, -0.15) is 0 Å². The Hall–Kier alpha value is -1.89. The molecule has 0 amide bonds. The number of aromatic carboxylic acids is 1. The van der Waals surface area contributed by atoms with Crippen LogP contribution in [0.1, 0.15) is 28.3 Å². The van der Waals surface area contributed by atoms with E-state index in [9.17, 15) is 14.9 Å². The van der Waals surface area contributed by atoms with Gasteiger partial charge in [-0.3, -0.25) is 0 Å². The van der Waals surface area contributed by atoms with Gasteiger partial charge in [-0.05, 0) is 18.4 Å². The number of carboxylic acid groups (broad SMARTS) is 1. The van der Waals surface area contributed by atoms with Gasteiger partial charge in [0.15, 0.2) is 11.5 Å². The topological polar surface area (TPSA) is 85.2 Å². The normalized spacial score (nSPS) is 26.1.